The Bertz CT molecular complexity index is 1450. The predicted molar refractivity (Wildman–Crippen MR) is 152 cm³/mol. The molecule has 0 fully saturated rings. The van der Waals surface area contributed by atoms with Crippen molar-refractivity contribution in [2.45, 2.75) is 32.4 Å². The van der Waals surface area contributed by atoms with Gasteiger partial charge in [-0.05, 0) is 37.9 Å². The Morgan fingerprint density at radius 1 is 1.00 bits per heavy atom. The van der Waals surface area contributed by atoms with Gasteiger partial charge in [0.1, 0.15) is 6.10 Å². The second-order valence-electron chi connectivity index (χ2n) is 9.53. The molecule has 0 saturated heterocycles. The second-order valence-corrected chi connectivity index (χ2v) is 10.5. The number of thiophene rings is 1. The molecule has 4 rings (SSSR count). The minimum atomic E-state index is -1.06. The summed E-state index contributed by atoms with van der Waals surface area (Å²) in [6, 6.07) is 19.9. The molecule has 0 aliphatic carbocycles. The zero-order valence-electron chi connectivity index (χ0n) is 22.7. The molecule has 0 bridgehead atoms. The molecule has 1 aliphatic heterocycles. The summed E-state index contributed by atoms with van der Waals surface area (Å²) in [5.74, 6) is -2.43. The Morgan fingerprint density at radius 2 is 1.65 bits per heavy atom. The first-order valence-electron chi connectivity index (χ1n) is 12.7. The van der Waals surface area contributed by atoms with Gasteiger partial charge in [-0.3, -0.25) is 15.0 Å². The topological polar surface area (TPSA) is 111 Å². The third-order valence-corrected chi connectivity index (χ3v) is 7.68. The van der Waals surface area contributed by atoms with Gasteiger partial charge in [0.2, 0.25) is 0 Å². The maximum atomic E-state index is 14.0. The molecule has 2 unspecified atom stereocenters. The highest BCUT2D eigenvalue weighted by Gasteiger charge is 2.41. The number of nitrogens with one attached hydrogen (secondary N) is 1. The first-order valence-corrected chi connectivity index (χ1v) is 13.6. The standard InChI is InChI=1S/C30H31N3O6S/c1-19-26(29(34)38-4)28(22-13-8-9-14-23(22)33(36)37)27(20(2)31-19)30(35)39-24(25-15-10-16-40-25)18-32(3)17-21-11-6-5-7-12-21/h5-16,24,28,31H,17-18H2,1-4H3. The summed E-state index contributed by atoms with van der Waals surface area (Å²) in [5.41, 5.74) is 2.24. The number of nitrogens with zero attached hydrogens (tertiary/aromatic N) is 2. The molecule has 9 nitrogen and oxygen atoms in total. The molecule has 0 spiro atoms. The average molecular weight is 562 g/mol. The van der Waals surface area contributed by atoms with E-state index in [9.17, 15) is 19.7 Å². The molecular weight excluding hydrogens is 530 g/mol. The normalized spacial score (nSPS) is 16.0. The summed E-state index contributed by atoms with van der Waals surface area (Å²) in [6.45, 7) is 4.43. The van der Waals surface area contributed by atoms with Crippen LogP contribution in [0.3, 0.4) is 0 Å². The Balaban J connectivity index is 1.71. The fraction of sp³-hybridized carbons (Fsp3) is 0.267. The zero-order valence-corrected chi connectivity index (χ0v) is 23.6. The number of esters is 2. The zero-order chi connectivity index (χ0) is 28.8. The summed E-state index contributed by atoms with van der Waals surface area (Å²) in [4.78, 5) is 41.4. The van der Waals surface area contributed by atoms with Gasteiger partial charge in [-0.25, -0.2) is 9.59 Å². The molecule has 1 aromatic heterocycles. The third-order valence-electron chi connectivity index (χ3n) is 6.71. The lowest BCUT2D eigenvalue weighted by atomic mass is 9.79. The summed E-state index contributed by atoms with van der Waals surface area (Å²) < 4.78 is 11.2. The van der Waals surface area contributed by atoms with Gasteiger partial charge in [0.05, 0.1) is 29.1 Å². The van der Waals surface area contributed by atoms with Crippen molar-refractivity contribution in [2.75, 3.05) is 20.7 Å². The van der Waals surface area contributed by atoms with Crippen LogP contribution in [0.15, 0.2) is 94.7 Å². The van der Waals surface area contributed by atoms with Gasteiger partial charge < -0.3 is 14.8 Å². The fourth-order valence-electron chi connectivity index (χ4n) is 4.95. The van der Waals surface area contributed by atoms with Crippen molar-refractivity contribution in [3.05, 3.63) is 121 Å². The van der Waals surface area contributed by atoms with Crippen LogP contribution in [0.2, 0.25) is 0 Å². The van der Waals surface area contributed by atoms with Gasteiger partial charge in [-0.2, -0.15) is 0 Å². The highest BCUT2D eigenvalue weighted by atomic mass is 32.1. The lowest BCUT2D eigenvalue weighted by Crippen LogP contribution is -2.34. The lowest BCUT2D eigenvalue weighted by molar-refractivity contribution is -0.385. The molecule has 0 amide bonds. The summed E-state index contributed by atoms with van der Waals surface area (Å²) in [7, 11) is 3.18. The minimum absolute atomic E-state index is 0.114. The number of nitro benzene ring substituents is 1. The van der Waals surface area contributed by atoms with Crippen LogP contribution < -0.4 is 5.32 Å². The van der Waals surface area contributed by atoms with Crippen LogP contribution in [0.25, 0.3) is 0 Å². The van der Waals surface area contributed by atoms with Crippen LogP contribution >= 0.6 is 11.3 Å². The van der Waals surface area contributed by atoms with Crippen molar-refractivity contribution < 1.29 is 24.0 Å². The Labute approximate surface area is 236 Å². The number of rotatable bonds is 10. The van der Waals surface area contributed by atoms with Crippen LogP contribution in [0, 0.1) is 10.1 Å². The smallest absolute Gasteiger partial charge is 0.337 e. The van der Waals surface area contributed by atoms with Crippen molar-refractivity contribution in [3.8, 4) is 0 Å². The largest absolute Gasteiger partial charge is 0.466 e. The molecule has 208 valence electrons. The number of likely N-dealkylation sites (N-methyl/N-ethyl adjacent to an activating group) is 1. The van der Waals surface area contributed by atoms with E-state index in [1.54, 1.807) is 32.0 Å². The van der Waals surface area contributed by atoms with Gasteiger partial charge in [0, 0.05) is 41.0 Å². The fourth-order valence-corrected chi connectivity index (χ4v) is 5.70. The average Bonchev–Trinajstić information content (AvgIpc) is 3.47. The Hall–Kier alpha value is -4.28. The van der Waals surface area contributed by atoms with E-state index < -0.39 is 28.9 Å². The molecule has 2 atom stereocenters. The minimum Gasteiger partial charge on any atom is -0.466 e. The van der Waals surface area contributed by atoms with E-state index >= 15 is 0 Å². The highest BCUT2D eigenvalue weighted by molar-refractivity contribution is 7.10. The highest BCUT2D eigenvalue weighted by Crippen LogP contribution is 2.43. The predicted octanol–water partition coefficient (Wildman–Crippen LogP) is 5.48. The van der Waals surface area contributed by atoms with Crippen LogP contribution in [0.4, 0.5) is 5.69 Å². The van der Waals surface area contributed by atoms with Gasteiger partial charge in [-0.1, -0.05) is 54.6 Å². The van der Waals surface area contributed by atoms with Crippen molar-refractivity contribution in [2.24, 2.45) is 0 Å². The van der Waals surface area contributed by atoms with E-state index in [1.807, 2.05) is 54.9 Å². The molecule has 2 aromatic carbocycles. The summed E-state index contributed by atoms with van der Waals surface area (Å²) in [6.07, 6.45) is -0.610. The van der Waals surface area contributed by atoms with Crippen molar-refractivity contribution >= 4 is 29.0 Å². The number of dihydropyridines is 1. The molecular formula is C30H31N3O6S. The molecule has 40 heavy (non-hydrogen) atoms. The van der Waals surface area contributed by atoms with Crippen LogP contribution in [0.1, 0.15) is 41.9 Å². The van der Waals surface area contributed by atoms with E-state index in [-0.39, 0.29) is 22.4 Å². The molecule has 0 saturated carbocycles. The van der Waals surface area contributed by atoms with Gasteiger partial charge >= 0.3 is 11.9 Å². The SMILES string of the molecule is COC(=O)C1=C(C)NC(C)=C(C(=O)OC(CN(C)Cc2ccccc2)c2cccs2)C1c1ccccc1[N+](=O)[O-]. The van der Waals surface area contributed by atoms with E-state index in [2.05, 4.69) is 10.2 Å². The first-order chi connectivity index (χ1) is 19.2. The van der Waals surface area contributed by atoms with E-state index in [0.29, 0.717) is 24.5 Å². The Morgan fingerprint density at radius 3 is 2.27 bits per heavy atom. The number of benzene rings is 2. The first kappa shape index (κ1) is 28.7. The maximum Gasteiger partial charge on any atom is 0.337 e. The number of allylic oxidation sites excluding steroid dienone is 2. The van der Waals surface area contributed by atoms with E-state index in [4.69, 9.17) is 9.47 Å². The van der Waals surface area contributed by atoms with Crippen molar-refractivity contribution in [1.82, 2.24) is 10.2 Å². The quantitative estimate of drug-likeness (QED) is 0.197. The van der Waals surface area contributed by atoms with Crippen molar-refractivity contribution in [1.29, 1.82) is 0 Å². The van der Waals surface area contributed by atoms with Gasteiger partial charge in [0.15, 0.2) is 0 Å². The van der Waals surface area contributed by atoms with Gasteiger partial charge in [0.25, 0.3) is 5.69 Å². The Kier molecular flexibility index (Phi) is 9.13. The van der Waals surface area contributed by atoms with E-state index in [0.717, 1.165) is 10.4 Å². The molecule has 10 heteroatoms. The molecule has 3 aromatic rings. The number of nitro groups is 1. The molecule has 2 heterocycles. The third kappa shape index (κ3) is 6.30. The van der Waals surface area contributed by atoms with Crippen molar-refractivity contribution in [3.63, 3.8) is 0 Å². The number of carbonyl (C=O) groups excluding carboxylic acids is 2. The molecule has 1 N–H and O–H groups in total. The summed E-state index contributed by atoms with van der Waals surface area (Å²) >= 11 is 1.47. The van der Waals surface area contributed by atoms with Crippen LogP contribution in [0.5, 0.6) is 0 Å². The number of hydrogen-bond donors (Lipinski definition) is 1. The molecule has 1 aliphatic rings. The number of hydrogen-bond acceptors (Lipinski definition) is 9. The number of methoxy groups -OCH3 is 1. The lowest BCUT2D eigenvalue weighted by Gasteiger charge is -2.31. The summed E-state index contributed by atoms with van der Waals surface area (Å²) in [5, 5.41) is 17.0. The maximum absolute atomic E-state index is 14.0. The molecule has 0 radical (unpaired) electrons. The van der Waals surface area contributed by atoms with E-state index in [1.165, 1.54) is 24.5 Å². The van der Waals surface area contributed by atoms with Crippen LogP contribution in [-0.2, 0) is 25.6 Å². The van der Waals surface area contributed by atoms with Gasteiger partial charge in [-0.15, -0.1) is 11.3 Å². The number of carbonyl (C=O) groups is 2. The monoisotopic (exact) mass is 561 g/mol. The number of para-hydroxylation sites is 1. The van der Waals surface area contributed by atoms with Crippen LogP contribution in [-0.4, -0.2) is 42.5 Å². The second kappa shape index (κ2) is 12.7. The number of ether oxygens (including phenoxy) is 2.